The van der Waals surface area contributed by atoms with Crippen molar-refractivity contribution in [1.29, 1.82) is 0 Å². The van der Waals surface area contributed by atoms with Gasteiger partial charge in [0, 0.05) is 70.4 Å². The highest BCUT2D eigenvalue weighted by atomic mass is 16.6. The van der Waals surface area contributed by atoms with E-state index in [9.17, 15) is 19.2 Å². The summed E-state index contributed by atoms with van der Waals surface area (Å²) in [5.74, 6) is -1.26. The van der Waals surface area contributed by atoms with Gasteiger partial charge in [-0.25, -0.2) is 0 Å². The van der Waals surface area contributed by atoms with E-state index in [1.807, 2.05) is 81.9 Å². The Morgan fingerprint density at radius 1 is 0.439 bits per heavy atom. The van der Waals surface area contributed by atoms with Crippen molar-refractivity contribution in [2.24, 2.45) is 5.11 Å². The number of nitrogens with zero attached hydrogens (tertiary/aromatic N) is 7. The highest BCUT2D eigenvalue weighted by molar-refractivity contribution is 5.78. The molecule has 1 aliphatic heterocycles. The van der Waals surface area contributed by atoms with E-state index < -0.39 is 16.8 Å². The van der Waals surface area contributed by atoms with Crippen LogP contribution in [-0.2, 0) is 66.5 Å². The topological polar surface area (TPSA) is 234 Å². The van der Waals surface area contributed by atoms with Gasteiger partial charge in [-0.3, -0.25) is 38.8 Å². The lowest BCUT2D eigenvalue weighted by molar-refractivity contribution is -0.158. The maximum absolute atomic E-state index is 13.2. The van der Waals surface area contributed by atoms with Crippen molar-refractivity contribution in [3.8, 4) is 0 Å². The maximum atomic E-state index is 13.2. The first kappa shape index (κ1) is 60.8. The Hall–Kier alpha value is -3.25. The molecule has 0 aromatic rings. The Kier molecular flexibility index (Phi) is 33.0. The lowest BCUT2D eigenvalue weighted by Crippen LogP contribution is -2.50. The van der Waals surface area contributed by atoms with Gasteiger partial charge in [-0.05, 0) is 67.8 Å². The van der Waals surface area contributed by atoms with E-state index in [-0.39, 0.29) is 50.0 Å². The molecular weight excluding hydrogens is 865 g/mol. The summed E-state index contributed by atoms with van der Waals surface area (Å²) >= 11 is 0. The van der Waals surface area contributed by atoms with Crippen LogP contribution in [0.3, 0.4) is 0 Å². The first-order valence-electron chi connectivity index (χ1n) is 23.1. The average Bonchev–Trinajstić information content (AvgIpc) is 3.19. The van der Waals surface area contributed by atoms with Gasteiger partial charge < -0.3 is 52.7 Å². The fourth-order valence-corrected chi connectivity index (χ4v) is 5.97. The molecule has 22 heteroatoms. The lowest BCUT2D eigenvalue weighted by atomic mass is 10.2. The highest BCUT2D eigenvalue weighted by Crippen LogP contribution is 2.11. The smallest absolute Gasteiger partial charge is 0.320 e. The molecule has 1 rings (SSSR count). The van der Waals surface area contributed by atoms with Crippen LogP contribution in [0, 0.1) is 0 Å². The molecule has 0 spiro atoms. The minimum atomic E-state index is -0.651. The molecule has 1 N–H and O–H groups in total. The van der Waals surface area contributed by atoms with Gasteiger partial charge in [0.25, 0.3) is 0 Å². The van der Waals surface area contributed by atoms with Crippen LogP contribution in [0.25, 0.3) is 10.4 Å². The Morgan fingerprint density at radius 3 is 0.970 bits per heavy atom. The predicted octanol–water partition coefficient (Wildman–Crippen LogP) is 1.78. The second-order valence-corrected chi connectivity index (χ2v) is 18.5. The largest absolute Gasteiger partial charge is 0.459 e. The standard InChI is InChI=1S/C44H84N8O14/c1-42(2,3)64-39(54)35-50-14-12-49(13-15-51(36-40(55)65-43(4,5)6)17-19-52(18-16-50)37-41(56)66-44(7,8)9)34-38(53)46-10-20-57-22-24-59-26-28-61-30-32-63-33-31-62-29-27-60-25-23-58-21-11-47-48-45/h10-37H2,1-9H3,(H,46,53). The summed E-state index contributed by atoms with van der Waals surface area (Å²) in [5.41, 5.74) is 6.25. The van der Waals surface area contributed by atoms with E-state index in [1.54, 1.807) is 0 Å². The zero-order valence-electron chi connectivity index (χ0n) is 41.6. The normalized spacial score (nSPS) is 15.6. The van der Waals surface area contributed by atoms with Gasteiger partial charge in [0.15, 0.2) is 0 Å². The van der Waals surface area contributed by atoms with Crippen molar-refractivity contribution in [1.82, 2.24) is 24.9 Å². The fraction of sp³-hybridized carbons (Fsp3) is 0.909. The molecule has 0 atom stereocenters. The van der Waals surface area contributed by atoms with Crippen LogP contribution < -0.4 is 5.32 Å². The molecule has 0 bridgehead atoms. The third kappa shape index (κ3) is 38.8. The van der Waals surface area contributed by atoms with Crippen molar-refractivity contribution in [2.75, 3.05) is 184 Å². The maximum Gasteiger partial charge on any atom is 0.320 e. The number of hydrogen-bond donors (Lipinski definition) is 1. The number of ether oxygens (including phenoxy) is 10. The quantitative estimate of drug-likeness (QED) is 0.0253. The van der Waals surface area contributed by atoms with Crippen LogP contribution in [0.4, 0.5) is 0 Å². The third-order valence-corrected chi connectivity index (χ3v) is 8.81. The van der Waals surface area contributed by atoms with Gasteiger partial charge in [-0.2, -0.15) is 0 Å². The number of nitrogens with one attached hydrogen (secondary N) is 1. The molecule has 1 amide bonds. The number of carbonyl (C=O) groups is 4. The van der Waals surface area contributed by atoms with Crippen molar-refractivity contribution >= 4 is 23.8 Å². The average molecular weight is 949 g/mol. The monoisotopic (exact) mass is 949 g/mol. The van der Waals surface area contributed by atoms with Crippen LogP contribution >= 0.6 is 0 Å². The van der Waals surface area contributed by atoms with E-state index in [0.717, 1.165) is 0 Å². The Bertz CT molecular complexity index is 1330. The van der Waals surface area contributed by atoms with E-state index in [4.69, 9.17) is 52.9 Å². The van der Waals surface area contributed by atoms with Crippen molar-refractivity contribution in [3.63, 3.8) is 0 Å². The van der Waals surface area contributed by atoms with Crippen LogP contribution in [0.2, 0.25) is 0 Å². The lowest BCUT2D eigenvalue weighted by Gasteiger charge is -2.34. The van der Waals surface area contributed by atoms with Gasteiger partial charge in [0.1, 0.15) is 16.8 Å². The minimum Gasteiger partial charge on any atom is -0.459 e. The van der Waals surface area contributed by atoms with E-state index in [0.29, 0.717) is 158 Å². The summed E-state index contributed by atoms with van der Waals surface area (Å²) in [6.07, 6.45) is 0. The van der Waals surface area contributed by atoms with Gasteiger partial charge in [-0.15, -0.1) is 0 Å². The summed E-state index contributed by atoms with van der Waals surface area (Å²) in [6.45, 7) is 26.7. The van der Waals surface area contributed by atoms with Gasteiger partial charge in [0.05, 0.1) is 119 Å². The van der Waals surface area contributed by atoms with E-state index in [2.05, 4.69) is 15.3 Å². The molecule has 0 aromatic carbocycles. The van der Waals surface area contributed by atoms with Gasteiger partial charge >= 0.3 is 17.9 Å². The molecule has 1 heterocycles. The van der Waals surface area contributed by atoms with Crippen LogP contribution in [-0.4, -0.2) is 244 Å². The minimum absolute atomic E-state index is 0.0451. The molecular formula is C44H84N8O14. The molecule has 384 valence electrons. The molecule has 0 radical (unpaired) electrons. The Balaban J connectivity index is 2.51. The number of amides is 1. The Labute approximate surface area is 393 Å². The van der Waals surface area contributed by atoms with Gasteiger partial charge in [0.2, 0.25) is 5.91 Å². The predicted molar refractivity (Wildman–Crippen MR) is 246 cm³/mol. The fourth-order valence-electron chi connectivity index (χ4n) is 5.97. The zero-order valence-corrected chi connectivity index (χ0v) is 41.6. The van der Waals surface area contributed by atoms with E-state index >= 15 is 0 Å². The second-order valence-electron chi connectivity index (χ2n) is 18.5. The van der Waals surface area contributed by atoms with Crippen molar-refractivity contribution in [2.45, 2.75) is 79.1 Å². The summed E-state index contributed by atoms with van der Waals surface area (Å²) in [6, 6.07) is 0. The molecule has 0 aromatic heterocycles. The highest BCUT2D eigenvalue weighted by Gasteiger charge is 2.26. The second kappa shape index (κ2) is 35.8. The molecule has 0 unspecified atom stereocenters. The Morgan fingerprint density at radius 2 is 0.697 bits per heavy atom. The molecule has 1 fully saturated rings. The summed E-state index contributed by atoms with van der Waals surface area (Å²) < 4.78 is 55.2. The molecule has 22 nitrogen and oxygen atoms in total. The van der Waals surface area contributed by atoms with Crippen LogP contribution in [0.15, 0.2) is 5.11 Å². The van der Waals surface area contributed by atoms with Gasteiger partial charge in [-0.1, -0.05) is 5.11 Å². The molecule has 1 saturated heterocycles. The summed E-state index contributed by atoms with van der Waals surface area (Å²) in [5, 5.41) is 6.31. The van der Waals surface area contributed by atoms with E-state index in [1.165, 1.54) is 0 Å². The van der Waals surface area contributed by atoms with Crippen LogP contribution in [0.1, 0.15) is 62.3 Å². The molecule has 0 aliphatic carbocycles. The number of carbonyl (C=O) groups excluding carboxylic acids is 4. The molecule has 66 heavy (non-hydrogen) atoms. The summed E-state index contributed by atoms with van der Waals surface area (Å²) in [7, 11) is 0. The SMILES string of the molecule is CC(C)(C)OC(=O)CN1CCN(CC(=O)NCCOCCOCCOCCOCCOCCOCCOCCN=[N+]=[N-])CCN(CC(=O)OC(C)(C)C)CCN(CC(=O)OC(C)(C)C)CC1. The number of azide groups is 1. The first-order chi connectivity index (χ1) is 31.2. The molecule has 1 aliphatic rings. The number of hydrogen-bond acceptors (Lipinski definition) is 19. The zero-order chi connectivity index (χ0) is 49.1. The molecule has 0 saturated carbocycles. The van der Waals surface area contributed by atoms with Crippen molar-refractivity contribution < 1.29 is 66.5 Å². The number of rotatable bonds is 32. The third-order valence-electron chi connectivity index (χ3n) is 8.81. The summed E-state index contributed by atoms with van der Waals surface area (Å²) in [4.78, 5) is 62.7. The van der Waals surface area contributed by atoms with Crippen LogP contribution in [0.5, 0.6) is 0 Å². The number of esters is 3. The first-order valence-corrected chi connectivity index (χ1v) is 23.1. The van der Waals surface area contributed by atoms with Crippen molar-refractivity contribution in [3.05, 3.63) is 10.4 Å².